The summed E-state index contributed by atoms with van der Waals surface area (Å²) in [6, 6.07) is 53.4. The zero-order valence-corrected chi connectivity index (χ0v) is 25.0. The maximum absolute atomic E-state index is 5.14. The standard InChI is InChI=1S/C41H25N3S/c1-2-10-28(11-3-1)39-42-40(32-21-22-34-33-14-6-7-16-37(33)45-38(34)25-32)44-41(43-39)35-15-8-13-27-18-20-31(24-36(27)35)30-19-17-26-9-4-5-12-29(26)23-30/h1-25H. The highest BCUT2D eigenvalue weighted by molar-refractivity contribution is 7.25. The minimum absolute atomic E-state index is 0.662. The fourth-order valence-electron chi connectivity index (χ4n) is 6.22. The lowest BCUT2D eigenvalue weighted by molar-refractivity contribution is 1.08. The Kier molecular flexibility index (Phi) is 6.00. The SMILES string of the molecule is c1ccc(-c2nc(-c3ccc4c(c3)sc3ccccc34)nc(-c3cccc4ccc(-c5ccc6ccccc6c5)cc34)n2)cc1. The lowest BCUT2D eigenvalue weighted by atomic mass is 9.96. The number of nitrogens with zero attached hydrogens (tertiary/aromatic N) is 3. The van der Waals surface area contributed by atoms with E-state index in [1.54, 1.807) is 11.3 Å². The van der Waals surface area contributed by atoms with Gasteiger partial charge in [-0.3, -0.25) is 0 Å². The molecule has 9 aromatic rings. The van der Waals surface area contributed by atoms with Crippen molar-refractivity contribution in [2.75, 3.05) is 0 Å². The highest BCUT2D eigenvalue weighted by atomic mass is 32.1. The van der Waals surface area contributed by atoms with Gasteiger partial charge in [-0.05, 0) is 56.9 Å². The number of benzene rings is 7. The summed E-state index contributed by atoms with van der Waals surface area (Å²) >= 11 is 1.80. The molecule has 0 saturated carbocycles. The summed E-state index contributed by atoms with van der Waals surface area (Å²) in [4.78, 5) is 15.2. The molecule has 0 radical (unpaired) electrons. The third kappa shape index (κ3) is 4.55. The van der Waals surface area contributed by atoms with Gasteiger partial charge < -0.3 is 0 Å². The second-order valence-corrected chi connectivity index (χ2v) is 12.4. The van der Waals surface area contributed by atoms with Gasteiger partial charge in [0.25, 0.3) is 0 Å². The Morgan fingerprint density at radius 3 is 1.87 bits per heavy atom. The average molecular weight is 592 g/mol. The first-order valence-corrected chi connectivity index (χ1v) is 15.8. The van der Waals surface area contributed by atoms with Crippen LogP contribution in [0.15, 0.2) is 152 Å². The molecule has 0 unspecified atom stereocenters. The number of fused-ring (bicyclic) bond motifs is 5. The Hall–Kier alpha value is -5.71. The maximum Gasteiger partial charge on any atom is 0.164 e. The van der Waals surface area contributed by atoms with E-state index >= 15 is 0 Å². The second-order valence-electron chi connectivity index (χ2n) is 11.3. The van der Waals surface area contributed by atoms with E-state index in [0.717, 1.165) is 33.0 Å². The van der Waals surface area contributed by atoms with Crippen molar-refractivity contribution >= 4 is 53.1 Å². The Morgan fingerprint density at radius 2 is 0.978 bits per heavy atom. The van der Waals surface area contributed by atoms with Gasteiger partial charge in [0.2, 0.25) is 0 Å². The summed E-state index contributed by atoms with van der Waals surface area (Å²) in [5, 5.41) is 7.26. The molecule has 0 saturated heterocycles. The molecular formula is C41H25N3S. The molecule has 0 fully saturated rings. The third-order valence-electron chi connectivity index (χ3n) is 8.51. The van der Waals surface area contributed by atoms with Crippen LogP contribution in [0, 0.1) is 0 Å². The van der Waals surface area contributed by atoms with Crippen LogP contribution in [0.1, 0.15) is 0 Å². The van der Waals surface area contributed by atoms with Gasteiger partial charge in [0.05, 0.1) is 0 Å². The van der Waals surface area contributed by atoms with Crippen molar-refractivity contribution in [3.05, 3.63) is 152 Å². The molecule has 2 aromatic heterocycles. The van der Waals surface area contributed by atoms with Crippen LogP contribution in [0.3, 0.4) is 0 Å². The quantitative estimate of drug-likeness (QED) is 0.204. The highest BCUT2D eigenvalue weighted by Gasteiger charge is 2.16. The molecule has 0 aliphatic carbocycles. The van der Waals surface area contributed by atoms with E-state index in [0.29, 0.717) is 17.5 Å². The van der Waals surface area contributed by atoms with Gasteiger partial charge in [0, 0.05) is 36.9 Å². The van der Waals surface area contributed by atoms with Crippen LogP contribution in [0.25, 0.3) is 87.0 Å². The third-order valence-corrected chi connectivity index (χ3v) is 9.64. The number of rotatable bonds is 4. The van der Waals surface area contributed by atoms with E-state index in [-0.39, 0.29) is 0 Å². The molecule has 0 N–H and O–H groups in total. The predicted molar refractivity (Wildman–Crippen MR) is 189 cm³/mol. The lowest BCUT2D eigenvalue weighted by Gasteiger charge is -2.12. The van der Waals surface area contributed by atoms with E-state index in [1.165, 1.54) is 36.5 Å². The van der Waals surface area contributed by atoms with Gasteiger partial charge in [0.1, 0.15) is 0 Å². The maximum atomic E-state index is 5.14. The van der Waals surface area contributed by atoms with Crippen LogP contribution in [-0.2, 0) is 0 Å². The topological polar surface area (TPSA) is 38.7 Å². The smallest absolute Gasteiger partial charge is 0.164 e. The van der Waals surface area contributed by atoms with Gasteiger partial charge >= 0.3 is 0 Å². The molecular weight excluding hydrogens is 567 g/mol. The van der Waals surface area contributed by atoms with Gasteiger partial charge in [0.15, 0.2) is 17.5 Å². The molecule has 3 nitrogen and oxygen atoms in total. The van der Waals surface area contributed by atoms with Crippen molar-refractivity contribution in [1.82, 2.24) is 15.0 Å². The molecule has 0 spiro atoms. The molecule has 0 aliphatic heterocycles. The normalized spacial score (nSPS) is 11.6. The Morgan fingerprint density at radius 1 is 0.333 bits per heavy atom. The van der Waals surface area contributed by atoms with Crippen molar-refractivity contribution < 1.29 is 0 Å². The summed E-state index contributed by atoms with van der Waals surface area (Å²) in [6.45, 7) is 0. The Bertz CT molecular complexity index is 2550. The van der Waals surface area contributed by atoms with Gasteiger partial charge in [-0.1, -0.05) is 127 Å². The van der Waals surface area contributed by atoms with Crippen molar-refractivity contribution in [3.8, 4) is 45.3 Å². The first-order valence-electron chi connectivity index (χ1n) is 15.0. The van der Waals surface area contributed by atoms with E-state index in [4.69, 9.17) is 15.0 Å². The van der Waals surface area contributed by atoms with Crippen molar-refractivity contribution in [2.45, 2.75) is 0 Å². The minimum Gasteiger partial charge on any atom is -0.208 e. The van der Waals surface area contributed by atoms with Crippen molar-refractivity contribution in [1.29, 1.82) is 0 Å². The largest absolute Gasteiger partial charge is 0.208 e. The average Bonchev–Trinajstić information content (AvgIpc) is 3.49. The zero-order chi connectivity index (χ0) is 29.7. The fraction of sp³-hybridized carbons (Fsp3) is 0. The number of aromatic nitrogens is 3. The summed E-state index contributed by atoms with van der Waals surface area (Å²) < 4.78 is 2.51. The van der Waals surface area contributed by atoms with Crippen LogP contribution in [-0.4, -0.2) is 15.0 Å². The molecule has 0 aliphatic rings. The fourth-order valence-corrected chi connectivity index (χ4v) is 7.37. The van der Waals surface area contributed by atoms with E-state index in [2.05, 4.69) is 133 Å². The summed E-state index contributed by atoms with van der Waals surface area (Å²) in [5.74, 6) is 1.99. The van der Waals surface area contributed by atoms with E-state index in [9.17, 15) is 0 Å². The lowest BCUT2D eigenvalue weighted by Crippen LogP contribution is -2.00. The highest BCUT2D eigenvalue weighted by Crippen LogP contribution is 2.37. The van der Waals surface area contributed by atoms with Gasteiger partial charge in [-0.25, -0.2) is 15.0 Å². The molecule has 0 bridgehead atoms. The summed E-state index contributed by atoms with van der Waals surface area (Å²) in [7, 11) is 0. The molecule has 45 heavy (non-hydrogen) atoms. The second kappa shape index (κ2) is 10.5. The minimum atomic E-state index is 0.662. The van der Waals surface area contributed by atoms with E-state index < -0.39 is 0 Å². The zero-order valence-electron chi connectivity index (χ0n) is 24.2. The molecule has 9 rings (SSSR count). The molecule has 7 aromatic carbocycles. The van der Waals surface area contributed by atoms with Crippen LogP contribution >= 0.6 is 11.3 Å². The summed E-state index contributed by atoms with van der Waals surface area (Å²) in [5.41, 5.74) is 5.27. The molecule has 2 heterocycles. The molecule has 0 atom stereocenters. The van der Waals surface area contributed by atoms with Crippen molar-refractivity contribution in [3.63, 3.8) is 0 Å². The van der Waals surface area contributed by atoms with Crippen LogP contribution in [0.4, 0.5) is 0 Å². The van der Waals surface area contributed by atoms with Gasteiger partial charge in [-0.2, -0.15) is 0 Å². The number of hydrogen-bond donors (Lipinski definition) is 0. The Labute approximate surface area is 264 Å². The number of hydrogen-bond acceptors (Lipinski definition) is 4. The number of thiophene rings is 1. The van der Waals surface area contributed by atoms with Crippen LogP contribution in [0.5, 0.6) is 0 Å². The summed E-state index contributed by atoms with van der Waals surface area (Å²) in [6.07, 6.45) is 0. The first kappa shape index (κ1) is 25.8. The molecule has 0 amide bonds. The van der Waals surface area contributed by atoms with Crippen LogP contribution < -0.4 is 0 Å². The van der Waals surface area contributed by atoms with Gasteiger partial charge in [-0.15, -0.1) is 11.3 Å². The molecule has 210 valence electrons. The van der Waals surface area contributed by atoms with Crippen LogP contribution in [0.2, 0.25) is 0 Å². The predicted octanol–water partition coefficient (Wildman–Crippen LogP) is 11.2. The Balaban J connectivity index is 1.23. The van der Waals surface area contributed by atoms with E-state index in [1.807, 2.05) is 18.2 Å². The first-order chi connectivity index (χ1) is 22.3. The monoisotopic (exact) mass is 591 g/mol. The van der Waals surface area contributed by atoms with Crippen molar-refractivity contribution in [2.24, 2.45) is 0 Å². The molecule has 4 heteroatoms.